The Kier molecular flexibility index (Phi) is 6.27. The summed E-state index contributed by atoms with van der Waals surface area (Å²) in [6.07, 6.45) is 2.55. The number of aryl methyl sites for hydroxylation is 1. The summed E-state index contributed by atoms with van der Waals surface area (Å²) in [5, 5.41) is 9.36. The standard InChI is InChI=1S/C20H29N3O3/c1-16-6-2-3-7-17(16)14-21-10-12-22(13-11-21)19(24)15-23-9-5-4-8-18(23)20(25)26/h2-3,6-7,18H,4-5,8-15H2,1H3,(H,25,26). The van der Waals surface area contributed by atoms with Crippen molar-refractivity contribution in [3.8, 4) is 0 Å². The van der Waals surface area contributed by atoms with Gasteiger partial charge in [-0.2, -0.15) is 0 Å². The number of aliphatic carboxylic acids is 1. The summed E-state index contributed by atoms with van der Waals surface area (Å²) >= 11 is 0. The Morgan fingerprint density at radius 1 is 1.08 bits per heavy atom. The van der Waals surface area contributed by atoms with Crippen molar-refractivity contribution in [1.29, 1.82) is 0 Å². The number of carboxylic acids is 1. The first kappa shape index (κ1) is 18.9. The zero-order chi connectivity index (χ0) is 18.5. The lowest BCUT2D eigenvalue weighted by Crippen LogP contribution is -2.53. The molecule has 0 bridgehead atoms. The number of piperazine rings is 1. The van der Waals surface area contributed by atoms with Crippen LogP contribution in [-0.4, -0.2) is 77.0 Å². The zero-order valence-electron chi connectivity index (χ0n) is 15.6. The van der Waals surface area contributed by atoms with Gasteiger partial charge >= 0.3 is 5.97 Å². The van der Waals surface area contributed by atoms with Crippen molar-refractivity contribution in [2.24, 2.45) is 0 Å². The zero-order valence-corrected chi connectivity index (χ0v) is 15.6. The summed E-state index contributed by atoms with van der Waals surface area (Å²) in [6, 6.07) is 7.91. The largest absolute Gasteiger partial charge is 0.480 e. The van der Waals surface area contributed by atoms with Gasteiger partial charge in [0.1, 0.15) is 6.04 Å². The molecule has 0 saturated carbocycles. The summed E-state index contributed by atoms with van der Waals surface area (Å²) in [7, 11) is 0. The van der Waals surface area contributed by atoms with E-state index >= 15 is 0 Å². The topological polar surface area (TPSA) is 64.1 Å². The quantitative estimate of drug-likeness (QED) is 0.865. The second kappa shape index (κ2) is 8.64. The number of rotatable bonds is 5. The number of piperidine rings is 1. The Morgan fingerprint density at radius 3 is 2.50 bits per heavy atom. The SMILES string of the molecule is Cc1ccccc1CN1CCN(C(=O)CN2CCCCC2C(=O)O)CC1. The number of carbonyl (C=O) groups is 2. The van der Waals surface area contributed by atoms with Crippen molar-refractivity contribution in [1.82, 2.24) is 14.7 Å². The third kappa shape index (κ3) is 4.62. The van der Waals surface area contributed by atoms with Crippen molar-refractivity contribution >= 4 is 11.9 Å². The molecule has 2 aliphatic heterocycles. The van der Waals surface area contributed by atoms with Crippen LogP contribution in [0.3, 0.4) is 0 Å². The van der Waals surface area contributed by atoms with E-state index in [0.29, 0.717) is 13.0 Å². The summed E-state index contributed by atoms with van der Waals surface area (Å²) in [5.74, 6) is -0.741. The number of hydrogen-bond acceptors (Lipinski definition) is 4. The van der Waals surface area contributed by atoms with E-state index < -0.39 is 12.0 Å². The van der Waals surface area contributed by atoms with E-state index in [0.717, 1.165) is 45.6 Å². The van der Waals surface area contributed by atoms with E-state index in [1.54, 1.807) is 0 Å². The van der Waals surface area contributed by atoms with E-state index in [1.807, 2.05) is 9.80 Å². The van der Waals surface area contributed by atoms with Crippen molar-refractivity contribution in [3.05, 3.63) is 35.4 Å². The molecule has 2 saturated heterocycles. The monoisotopic (exact) mass is 359 g/mol. The van der Waals surface area contributed by atoms with Gasteiger partial charge in [-0.15, -0.1) is 0 Å². The molecule has 6 heteroatoms. The van der Waals surface area contributed by atoms with Crippen molar-refractivity contribution < 1.29 is 14.7 Å². The van der Waals surface area contributed by atoms with Crippen LogP contribution in [0.4, 0.5) is 0 Å². The van der Waals surface area contributed by atoms with Gasteiger partial charge in [0.15, 0.2) is 0 Å². The predicted molar refractivity (Wildman–Crippen MR) is 99.9 cm³/mol. The number of nitrogens with zero attached hydrogens (tertiary/aromatic N) is 3. The molecule has 6 nitrogen and oxygen atoms in total. The van der Waals surface area contributed by atoms with E-state index in [2.05, 4.69) is 36.1 Å². The molecule has 1 atom stereocenters. The molecule has 1 amide bonds. The third-order valence-electron chi connectivity index (χ3n) is 5.62. The molecule has 0 radical (unpaired) electrons. The fraction of sp³-hybridized carbons (Fsp3) is 0.600. The average Bonchev–Trinajstić information content (AvgIpc) is 2.64. The predicted octanol–water partition coefficient (Wildman–Crippen LogP) is 1.58. The number of carboxylic acid groups (broad SMARTS) is 1. The van der Waals surface area contributed by atoms with Gasteiger partial charge in [0.2, 0.25) is 5.91 Å². The highest BCUT2D eigenvalue weighted by atomic mass is 16.4. The summed E-state index contributed by atoms with van der Waals surface area (Å²) < 4.78 is 0. The maximum atomic E-state index is 12.6. The fourth-order valence-electron chi connectivity index (χ4n) is 3.92. The van der Waals surface area contributed by atoms with Gasteiger partial charge in [0, 0.05) is 32.7 Å². The Labute approximate surface area is 155 Å². The molecule has 142 valence electrons. The first-order valence-corrected chi connectivity index (χ1v) is 9.56. The number of likely N-dealkylation sites (tertiary alicyclic amines) is 1. The lowest BCUT2D eigenvalue weighted by molar-refractivity contribution is -0.146. The number of hydrogen-bond donors (Lipinski definition) is 1. The van der Waals surface area contributed by atoms with Crippen LogP contribution in [0.25, 0.3) is 0 Å². The maximum Gasteiger partial charge on any atom is 0.320 e. The molecule has 1 N–H and O–H groups in total. The smallest absolute Gasteiger partial charge is 0.320 e. The molecular formula is C20H29N3O3. The summed E-state index contributed by atoms with van der Waals surface area (Å²) in [5.41, 5.74) is 2.64. The molecule has 1 aromatic carbocycles. The highest BCUT2D eigenvalue weighted by Crippen LogP contribution is 2.18. The summed E-state index contributed by atoms with van der Waals surface area (Å²) in [4.78, 5) is 30.1. The van der Waals surface area contributed by atoms with Gasteiger partial charge in [0.05, 0.1) is 6.54 Å². The molecule has 1 unspecified atom stereocenters. The highest BCUT2D eigenvalue weighted by molar-refractivity contribution is 5.80. The van der Waals surface area contributed by atoms with Crippen LogP contribution >= 0.6 is 0 Å². The van der Waals surface area contributed by atoms with E-state index in [-0.39, 0.29) is 12.5 Å². The number of benzene rings is 1. The van der Waals surface area contributed by atoms with Crippen LogP contribution in [0.1, 0.15) is 30.4 Å². The molecule has 1 aromatic rings. The Bertz CT molecular complexity index is 641. The average molecular weight is 359 g/mol. The minimum absolute atomic E-state index is 0.0636. The lowest BCUT2D eigenvalue weighted by Gasteiger charge is -2.38. The molecule has 2 aliphatic rings. The molecule has 2 heterocycles. The van der Waals surface area contributed by atoms with Crippen LogP contribution in [0.2, 0.25) is 0 Å². The van der Waals surface area contributed by atoms with Crippen molar-refractivity contribution in [3.63, 3.8) is 0 Å². The van der Waals surface area contributed by atoms with Crippen LogP contribution in [-0.2, 0) is 16.1 Å². The first-order chi connectivity index (χ1) is 12.5. The van der Waals surface area contributed by atoms with Crippen LogP contribution in [0.15, 0.2) is 24.3 Å². The molecule has 26 heavy (non-hydrogen) atoms. The van der Waals surface area contributed by atoms with Gasteiger partial charge in [-0.05, 0) is 37.4 Å². The lowest BCUT2D eigenvalue weighted by atomic mass is 10.0. The molecular weight excluding hydrogens is 330 g/mol. The molecule has 3 rings (SSSR count). The van der Waals surface area contributed by atoms with Crippen LogP contribution in [0.5, 0.6) is 0 Å². The van der Waals surface area contributed by atoms with Gasteiger partial charge in [-0.3, -0.25) is 19.4 Å². The highest BCUT2D eigenvalue weighted by Gasteiger charge is 2.31. The van der Waals surface area contributed by atoms with Gasteiger partial charge in [0.25, 0.3) is 0 Å². The first-order valence-electron chi connectivity index (χ1n) is 9.56. The van der Waals surface area contributed by atoms with Crippen molar-refractivity contribution in [2.75, 3.05) is 39.3 Å². The third-order valence-corrected chi connectivity index (χ3v) is 5.62. The second-order valence-corrected chi connectivity index (χ2v) is 7.40. The molecule has 0 spiro atoms. The Balaban J connectivity index is 1.49. The van der Waals surface area contributed by atoms with E-state index in [9.17, 15) is 14.7 Å². The Hall–Kier alpha value is -1.92. The molecule has 0 aliphatic carbocycles. The van der Waals surface area contributed by atoms with E-state index in [1.165, 1.54) is 11.1 Å². The minimum atomic E-state index is -0.805. The summed E-state index contributed by atoms with van der Waals surface area (Å²) in [6.45, 7) is 7.15. The van der Waals surface area contributed by atoms with Crippen LogP contribution in [0, 0.1) is 6.92 Å². The maximum absolute atomic E-state index is 12.6. The minimum Gasteiger partial charge on any atom is -0.480 e. The molecule has 0 aromatic heterocycles. The van der Waals surface area contributed by atoms with Crippen molar-refractivity contribution in [2.45, 2.75) is 38.8 Å². The Morgan fingerprint density at radius 2 is 1.81 bits per heavy atom. The molecule has 2 fully saturated rings. The number of amides is 1. The van der Waals surface area contributed by atoms with Gasteiger partial charge < -0.3 is 10.0 Å². The number of carbonyl (C=O) groups excluding carboxylic acids is 1. The van der Waals surface area contributed by atoms with Crippen LogP contribution < -0.4 is 0 Å². The normalized spacial score (nSPS) is 22.3. The second-order valence-electron chi connectivity index (χ2n) is 7.40. The van der Waals surface area contributed by atoms with E-state index in [4.69, 9.17) is 0 Å². The van der Waals surface area contributed by atoms with Gasteiger partial charge in [-0.25, -0.2) is 0 Å². The van der Waals surface area contributed by atoms with Gasteiger partial charge in [-0.1, -0.05) is 30.7 Å². The fourth-order valence-corrected chi connectivity index (χ4v) is 3.92.